The van der Waals surface area contributed by atoms with Gasteiger partial charge in [0.15, 0.2) is 0 Å². The van der Waals surface area contributed by atoms with Gasteiger partial charge in [0.1, 0.15) is 29.5 Å². The monoisotopic (exact) mass is 659 g/mol. The molecule has 0 aromatic heterocycles. The fourth-order valence-electron chi connectivity index (χ4n) is 4.25. The molecule has 2 aliphatic rings. The van der Waals surface area contributed by atoms with Crippen molar-refractivity contribution >= 4 is 58.0 Å². The minimum absolute atomic E-state index is 0.0148. The summed E-state index contributed by atoms with van der Waals surface area (Å²) in [6, 6.07) is 3.98. The quantitative estimate of drug-likeness (QED) is 0.0404. The first-order valence-electron chi connectivity index (χ1n) is 12.6. The maximum absolute atomic E-state index is 13.2. The fraction of sp³-hybridized carbons (Fsp3) is 0.400. The maximum Gasteiger partial charge on any atom is 0.446 e. The lowest BCUT2D eigenvalue weighted by Crippen LogP contribution is -2.80. The number of carbonyl (C=O) groups is 5. The smallest absolute Gasteiger partial charge is 0.446 e. The second-order valence-corrected chi connectivity index (χ2v) is 11.4. The van der Waals surface area contributed by atoms with Crippen LogP contribution in [0.25, 0.3) is 6.08 Å². The number of fused-ring (bicyclic) bond motifs is 1. The standard InChI is InChI=1S/C25H29N3O14S2/c1-39-17(10-13-6-8-15(9-7-13)42-44(36,37)38)22(34)41-11-14-12-43-24-25(40-2,23(35)28(24)19(14)21(32)33)27-18(29)5-3-4-16(26)20(30)31/h6-10,16,24H,3-5,11-12,26H2,1-2H3,(H,27,29)(H,30,31)(H,32,33)(H,36,37,38)/b17-10-/t16?,24-,25-/m1/s1. The van der Waals surface area contributed by atoms with E-state index >= 15 is 0 Å². The number of thioether (sulfide) groups is 1. The largest absolute Gasteiger partial charge is 0.490 e. The van der Waals surface area contributed by atoms with Crippen LogP contribution >= 0.6 is 11.8 Å². The zero-order valence-electron chi connectivity index (χ0n) is 23.3. The molecule has 1 unspecified atom stereocenters. The Hall–Kier alpha value is -4.17. The number of carboxylic acids is 2. The van der Waals surface area contributed by atoms with Gasteiger partial charge in [-0.1, -0.05) is 12.1 Å². The van der Waals surface area contributed by atoms with Crippen molar-refractivity contribution < 1.29 is 65.5 Å². The van der Waals surface area contributed by atoms with Crippen LogP contribution in [0, 0.1) is 0 Å². The Morgan fingerprint density at radius 2 is 1.86 bits per heavy atom. The molecule has 17 nitrogen and oxygen atoms in total. The predicted octanol–water partition coefficient (Wildman–Crippen LogP) is -0.306. The molecule has 240 valence electrons. The van der Waals surface area contributed by atoms with Gasteiger partial charge in [0.05, 0.1) is 7.11 Å². The Kier molecular flexibility index (Phi) is 11.0. The van der Waals surface area contributed by atoms with Crippen LogP contribution < -0.4 is 15.2 Å². The van der Waals surface area contributed by atoms with Crippen LogP contribution in [0.15, 0.2) is 41.3 Å². The number of hydrogen-bond acceptors (Lipinski definition) is 13. The van der Waals surface area contributed by atoms with Crippen molar-refractivity contribution in [2.75, 3.05) is 26.6 Å². The molecule has 2 heterocycles. The van der Waals surface area contributed by atoms with E-state index in [4.69, 9.17) is 29.6 Å². The summed E-state index contributed by atoms with van der Waals surface area (Å²) in [6.07, 6.45) is 1.24. The molecule has 2 aliphatic heterocycles. The topological polar surface area (TPSA) is 258 Å². The lowest BCUT2D eigenvalue weighted by molar-refractivity contribution is -0.192. The molecular weight excluding hydrogens is 630 g/mol. The zero-order valence-corrected chi connectivity index (χ0v) is 24.9. The molecule has 0 aliphatic carbocycles. The third-order valence-corrected chi connectivity index (χ3v) is 8.15. The van der Waals surface area contributed by atoms with Crippen LogP contribution in [-0.2, 0) is 48.6 Å². The van der Waals surface area contributed by atoms with Crippen LogP contribution in [0.5, 0.6) is 5.75 Å². The van der Waals surface area contributed by atoms with Crippen molar-refractivity contribution in [3.63, 3.8) is 0 Å². The van der Waals surface area contributed by atoms with Gasteiger partial charge < -0.3 is 39.7 Å². The predicted molar refractivity (Wildman–Crippen MR) is 150 cm³/mol. The van der Waals surface area contributed by atoms with Gasteiger partial charge in [-0.15, -0.1) is 11.8 Å². The van der Waals surface area contributed by atoms with Gasteiger partial charge in [-0.3, -0.25) is 23.8 Å². The van der Waals surface area contributed by atoms with E-state index in [9.17, 15) is 37.5 Å². The van der Waals surface area contributed by atoms with Gasteiger partial charge in [-0.25, -0.2) is 9.59 Å². The Balaban J connectivity index is 1.69. The van der Waals surface area contributed by atoms with Crippen molar-refractivity contribution in [1.29, 1.82) is 0 Å². The molecule has 44 heavy (non-hydrogen) atoms. The first-order chi connectivity index (χ1) is 20.6. The van der Waals surface area contributed by atoms with Gasteiger partial charge in [0.2, 0.25) is 11.7 Å². The summed E-state index contributed by atoms with van der Waals surface area (Å²) >= 11 is 1.06. The highest BCUT2D eigenvalue weighted by Gasteiger charge is 2.66. The summed E-state index contributed by atoms with van der Waals surface area (Å²) in [4.78, 5) is 62.4. The summed E-state index contributed by atoms with van der Waals surface area (Å²) in [5.41, 5.74) is 3.56. The van der Waals surface area contributed by atoms with E-state index in [2.05, 4.69) is 9.50 Å². The molecule has 0 spiro atoms. The Bertz CT molecular complexity index is 1490. The number of carbonyl (C=O) groups excluding carboxylic acids is 3. The molecule has 1 fully saturated rings. The summed E-state index contributed by atoms with van der Waals surface area (Å²) in [5.74, 6) is -5.67. The Morgan fingerprint density at radius 1 is 1.20 bits per heavy atom. The summed E-state index contributed by atoms with van der Waals surface area (Å²) in [5, 5.41) is 20.3. The van der Waals surface area contributed by atoms with Crippen LogP contribution in [0.3, 0.4) is 0 Å². The van der Waals surface area contributed by atoms with Crippen LogP contribution in [0.1, 0.15) is 24.8 Å². The average molecular weight is 660 g/mol. The normalized spacial score (nSPS) is 20.6. The minimum atomic E-state index is -4.72. The van der Waals surface area contributed by atoms with E-state index in [0.29, 0.717) is 5.56 Å². The molecule has 3 atom stereocenters. The average Bonchev–Trinajstić information content (AvgIpc) is 2.96. The molecule has 1 aromatic rings. The molecule has 0 bridgehead atoms. The van der Waals surface area contributed by atoms with E-state index in [0.717, 1.165) is 16.7 Å². The van der Waals surface area contributed by atoms with Gasteiger partial charge >= 0.3 is 28.3 Å². The number of nitrogens with zero attached hydrogens (tertiary/aromatic N) is 1. The summed E-state index contributed by atoms with van der Waals surface area (Å²) in [6.45, 7) is -0.526. The van der Waals surface area contributed by atoms with Crippen molar-refractivity contribution in [2.45, 2.75) is 36.4 Å². The second kappa shape index (κ2) is 14.1. The molecule has 6 N–H and O–H groups in total. The first kappa shape index (κ1) is 34.3. The highest BCUT2D eigenvalue weighted by Crippen LogP contribution is 2.46. The lowest BCUT2D eigenvalue weighted by Gasteiger charge is -2.55. The first-order valence-corrected chi connectivity index (χ1v) is 15.0. The molecule has 1 aromatic carbocycles. The summed E-state index contributed by atoms with van der Waals surface area (Å²) < 4.78 is 50.4. The second-order valence-electron chi connectivity index (χ2n) is 9.29. The van der Waals surface area contributed by atoms with Gasteiger partial charge in [-0.2, -0.15) is 8.42 Å². The number of carboxylic acid groups (broad SMARTS) is 2. The van der Waals surface area contributed by atoms with E-state index in [1.54, 1.807) is 0 Å². The SMILES string of the molecule is CO/C(=C\c1ccc(OS(=O)(=O)O)cc1)C(=O)OCC1=C(C(=O)O)N2C(=O)[C@@](NC(=O)CCCC(N)C(=O)O)(OC)[C@H]2SC1. The number of hydrogen-bond donors (Lipinski definition) is 5. The van der Waals surface area contributed by atoms with Gasteiger partial charge in [-0.05, 0) is 36.6 Å². The Morgan fingerprint density at radius 3 is 2.41 bits per heavy atom. The lowest BCUT2D eigenvalue weighted by atomic mass is 9.97. The number of amides is 2. The van der Waals surface area contributed by atoms with E-state index in [1.165, 1.54) is 44.6 Å². The van der Waals surface area contributed by atoms with E-state index in [-0.39, 0.29) is 42.1 Å². The molecule has 0 saturated carbocycles. The maximum atomic E-state index is 13.2. The minimum Gasteiger partial charge on any atom is -0.490 e. The number of ether oxygens (including phenoxy) is 3. The van der Waals surface area contributed by atoms with Gasteiger partial charge in [0.25, 0.3) is 11.6 Å². The van der Waals surface area contributed by atoms with Gasteiger partial charge in [0, 0.05) is 24.9 Å². The number of esters is 1. The van der Waals surface area contributed by atoms with E-state index < -0.39 is 69.6 Å². The van der Waals surface area contributed by atoms with Crippen molar-refractivity contribution in [3.8, 4) is 5.75 Å². The number of rotatable bonds is 15. The third kappa shape index (κ3) is 7.85. The van der Waals surface area contributed by atoms with E-state index in [1.807, 2.05) is 0 Å². The zero-order chi connectivity index (χ0) is 32.8. The molecular formula is C25H29N3O14S2. The fourth-order valence-corrected chi connectivity index (χ4v) is 6.02. The van der Waals surface area contributed by atoms with Crippen LogP contribution in [0.2, 0.25) is 0 Å². The molecule has 0 radical (unpaired) electrons. The number of nitrogens with one attached hydrogen (secondary N) is 1. The van der Waals surface area contributed by atoms with Crippen molar-refractivity contribution in [2.24, 2.45) is 5.73 Å². The highest BCUT2D eigenvalue weighted by molar-refractivity contribution is 8.00. The number of benzene rings is 1. The highest BCUT2D eigenvalue weighted by atomic mass is 32.3. The third-order valence-electron chi connectivity index (χ3n) is 6.37. The van der Waals surface area contributed by atoms with Crippen LogP contribution in [-0.4, -0.2) is 102 Å². The number of methoxy groups -OCH3 is 2. The number of aliphatic carboxylic acids is 2. The molecule has 3 rings (SSSR count). The molecule has 1 saturated heterocycles. The number of nitrogens with two attached hydrogens (primary N) is 1. The molecule has 2 amide bonds. The van der Waals surface area contributed by atoms with Crippen molar-refractivity contribution in [1.82, 2.24) is 10.2 Å². The van der Waals surface area contributed by atoms with Crippen molar-refractivity contribution in [3.05, 3.63) is 46.9 Å². The summed E-state index contributed by atoms with van der Waals surface area (Å²) in [7, 11) is -2.36. The van der Waals surface area contributed by atoms with Crippen LogP contribution in [0.4, 0.5) is 0 Å². The molecule has 19 heteroatoms. The number of β-lactam (4-membered cyclic amide) rings is 1. The Labute approximate surface area is 254 Å².